The molecule has 0 aromatic rings. The second-order valence-electron chi connectivity index (χ2n) is 14.3. The van der Waals surface area contributed by atoms with Gasteiger partial charge in [0.05, 0.1) is 19.5 Å². The summed E-state index contributed by atoms with van der Waals surface area (Å²) in [6.45, 7) is 4.20. The number of phosphoric ester groups is 1. The molecule has 0 aromatic carbocycles. The van der Waals surface area contributed by atoms with E-state index in [1.165, 1.54) is 135 Å². The SMILES string of the molecule is CCCCC/C=C\C/C=C\CCCCCCCCCC(=O)OC[C@H](COP(=O)(O)OCCN)O/C=C\CCCCCCCCCCCCCCCC. The van der Waals surface area contributed by atoms with Crippen LogP contribution in [-0.2, 0) is 27.9 Å². The number of unbranched alkanes of at least 4 members (excludes halogenated alkanes) is 24. The fourth-order valence-corrected chi connectivity index (χ4v) is 6.66. The van der Waals surface area contributed by atoms with Gasteiger partial charge in [0.2, 0.25) is 0 Å². The van der Waals surface area contributed by atoms with Gasteiger partial charge in [0.15, 0.2) is 6.10 Å². The lowest BCUT2D eigenvalue weighted by Crippen LogP contribution is -2.25. The van der Waals surface area contributed by atoms with Crippen LogP contribution in [0.1, 0.15) is 200 Å². The predicted octanol–water partition coefficient (Wildman–Crippen LogP) is 13.0. The van der Waals surface area contributed by atoms with Crippen LogP contribution in [0.4, 0.5) is 0 Å². The summed E-state index contributed by atoms with van der Waals surface area (Å²) in [4.78, 5) is 22.3. The minimum atomic E-state index is -4.27. The van der Waals surface area contributed by atoms with Crippen molar-refractivity contribution in [1.29, 1.82) is 0 Å². The van der Waals surface area contributed by atoms with Crippen molar-refractivity contribution in [1.82, 2.24) is 0 Å². The molecule has 0 saturated carbocycles. The lowest BCUT2D eigenvalue weighted by atomic mass is 10.0. The number of hydrogen-bond acceptors (Lipinski definition) is 7. The fourth-order valence-electron chi connectivity index (χ4n) is 5.89. The highest BCUT2D eigenvalue weighted by Gasteiger charge is 2.24. The molecule has 52 heavy (non-hydrogen) atoms. The molecular weight excluding hydrogens is 673 g/mol. The van der Waals surface area contributed by atoms with Crippen molar-refractivity contribution in [2.24, 2.45) is 5.73 Å². The van der Waals surface area contributed by atoms with Crippen LogP contribution in [0.2, 0.25) is 0 Å². The van der Waals surface area contributed by atoms with Crippen LogP contribution in [0, 0.1) is 0 Å². The van der Waals surface area contributed by atoms with Crippen molar-refractivity contribution >= 4 is 13.8 Å². The molecule has 9 heteroatoms. The molecular formula is C43H82NO7P. The number of phosphoric acid groups is 1. The summed E-state index contributed by atoms with van der Waals surface area (Å²) in [5, 5.41) is 0. The Hall–Kier alpha value is -1.44. The second kappa shape index (κ2) is 40.7. The van der Waals surface area contributed by atoms with Gasteiger partial charge in [-0.1, -0.05) is 167 Å². The average molecular weight is 756 g/mol. The third kappa shape index (κ3) is 39.8. The molecule has 0 rings (SSSR count). The molecule has 0 aliphatic rings. The highest BCUT2D eigenvalue weighted by atomic mass is 31.2. The Kier molecular flexibility index (Phi) is 39.6. The standard InChI is InChI=1S/C43H82NO7P/c1-3-5-7-9-11-13-15-17-19-21-22-24-26-28-30-32-34-36-43(45)49-40-42(41-51-52(46,47)50-39-37-44)48-38-35-33-31-29-27-25-23-20-18-16-14-12-10-8-6-4-2/h11,13,17,19,35,38,42H,3-10,12,14-16,18,20-34,36-37,39-41,44H2,1-2H3,(H,46,47)/b13-11-,19-17-,38-35-/t42-/m1/s1. The molecule has 0 heterocycles. The van der Waals surface area contributed by atoms with Crippen LogP contribution in [0.25, 0.3) is 0 Å². The highest BCUT2D eigenvalue weighted by Crippen LogP contribution is 2.43. The monoisotopic (exact) mass is 756 g/mol. The molecule has 0 bridgehead atoms. The third-order valence-corrected chi connectivity index (χ3v) is 10.1. The molecule has 0 aromatic heterocycles. The van der Waals surface area contributed by atoms with Gasteiger partial charge in [0.1, 0.15) is 6.61 Å². The van der Waals surface area contributed by atoms with Gasteiger partial charge in [-0.25, -0.2) is 4.57 Å². The van der Waals surface area contributed by atoms with Crippen LogP contribution < -0.4 is 5.73 Å². The quantitative estimate of drug-likeness (QED) is 0.0208. The van der Waals surface area contributed by atoms with E-state index in [1.807, 2.05) is 6.08 Å². The van der Waals surface area contributed by atoms with Crippen molar-refractivity contribution in [3.05, 3.63) is 36.6 Å². The lowest BCUT2D eigenvalue weighted by Gasteiger charge is -2.19. The van der Waals surface area contributed by atoms with Gasteiger partial charge in [-0.15, -0.1) is 0 Å². The van der Waals surface area contributed by atoms with Crippen LogP contribution in [0.5, 0.6) is 0 Å². The molecule has 0 radical (unpaired) electrons. The van der Waals surface area contributed by atoms with Crippen molar-refractivity contribution < 1.29 is 32.8 Å². The Balaban J connectivity index is 4.08. The van der Waals surface area contributed by atoms with Crippen molar-refractivity contribution in [2.75, 3.05) is 26.4 Å². The number of carbonyl (C=O) groups is 1. The maximum absolute atomic E-state index is 12.4. The molecule has 2 atom stereocenters. The molecule has 0 fully saturated rings. The maximum atomic E-state index is 12.4. The van der Waals surface area contributed by atoms with E-state index in [0.717, 1.165) is 44.9 Å². The van der Waals surface area contributed by atoms with E-state index in [2.05, 4.69) is 38.2 Å². The molecule has 0 spiro atoms. The number of ether oxygens (including phenoxy) is 2. The average Bonchev–Trinajstić information content (AvgIpc) is 3.14. The topological polar surface area (TPSA) is 117 Å². The summed E-state index contributed by atoms with van der Waals surface area (Å²) in [7, 11) is -4.27. The Labute approximate surface area is 320 Å². The van der Waals surface area contributed by atoms with E-state index in [0.29, 0.717) is 6.42 Å². The predicted molar refractivity (Wildman–Crippen MR) is 219 cm³/mol. The van der Waals surface area contributed by atoms with Crippen molar-refractivity contribution in [3.63, 3.8) is 0 Å². The zero-order chi connectivity index (χ0) is 38.1. The summed E-state index contributed by atoms with van der Waals surface area (Å²) in [5.41, 5.74) is 5.36. The Morgan fingerprint density at radius 2 is 1.04 bits per heavy atom. The molecule has 3 N–H and O–H groups in total. The number of carbonyl (C=O) groups excluding carboxylic acids is 1. The first-order valence-electron chi connectivity index (χ1n) is 21.5. The van der Waals surface area contributed by atoms with Crippen LogP contribution in [0.15, 0.2) is 36.6 Å². The summed E-state index contributed by atoms with van der Waals surface area (Å²) >= 11 is 0. The molecule has 0 saturated heterocycles. The van der Waals surface area contributed by atoms with E-state index in [-0.39, 0.29) is 32.3 Å². The van der Waals surface area contributed by atoms with Gasteiger partial charge >= 0.3 is 13.8 Å². The number of allylic oxidation sites excluding steroid dienone is 5. The van der Waals surface area contributed by atoms with Gasteiger partial charge < -0.3 is 20.1 Å². The molecule has 0 aliphatic carbocycles. The van der Waals surface area contributed by atoms with Gasteiger partial charge in [-0.2, -0.15) is 0 Å². The van der Waals surface area contributed by atoms with Gasteiger partial charge in [-0.05, 0) is 57.4 Å². The molecule has 306 valence electrons. The number of rotatable bonds is 41. The fraction of sp³-hybridized carbons (Fsp3) is 0.837. The minimum Gasteiger partial charge on any atom is -0.492 e. The summed E-state index contributed by atoms with van der Waals surface area (Å²) in [5.74, 6) is -0.297. The number of nitrogens with two attached hydrogens (primary N) is 1. The van der Waals surface area contributed by atoms with Crippen molar-refractivity contribution in [3.8, 4) is 0 Å². The Morgan fingerprint density at radius 3 is 1.56 bits per heavy atom. The number of hydrogen-bond donors (Lipinski definition) is 2. The van der Waals surface area contributed by atoms with Crippen LogP contribution >= 0.6 is 7.82 Å². The second-order valence-corrected chi connectivity index (χ2v) is 15.7. The summed E-state index contributed by atoms with van der Waals surface area (Å²) < 4.78 is 33.2. The lowest BCUT2D eigenvalue weighted by molar-refractivity contribution is -0.147. The molecule has 0 aliphatic heterocycles. The van der Waals surface area contributed by atoms with Gasteiger partial charge in [0.25, 0.3) is 0 Å². The Bertz CT molecular complexity index is 895. The van der Waals surface area contributed by atoms with E-state index in [1.54, 1.807) is 6.26 Å². The first kappa shape index (κ1) is 50.6. The van der Waals surface area contributed by atoms with Crippen LogP contribution in [0.3, 0.4) is 0 Å². The molecule has 0 amide bonds. The van der Waals surface area contributed by atoms with Crippen molar-refractivity contribution in [2.45, 2.75) is 206 Å². The number of esters is 1. The first-order chi connectivity index (χ1) is 25.4. The highest BCUT2D eigenvalue weighted by molar-refractivity contribution is 7.47. The minimum absolute atomic E-state index is 0.0669. The normalized spacial score (nSPS) is 13.8. The zero-order valence-electron chi connectivity index (χ0n) is 33.8. The van der Waals surface area contributed by atoms with E-state index in [4.69, 9.17) is 24.3 Å². The van der Waals surface area contributed by atoms with Gasteiger partial charge in [0, 0.05) is 13.0 Å². The van der Waals surface area contributed by atoms with E-state index < -0.39 is 13.9 Å². The van der Waals surface area contributed by atoms with Crippen LogP contribution in [-0.4, -0.2) is 43.3 Å². The summed E-state index contributed by atoms with van der Waals surface area (Å²) in [6, 6.07) is 0. The first-order valence-corrected chi connectivity index (χ1v) is 23.0. The molecule has 1 unspecified atom stereocenters. The zero-order valence-corrected chi connectivity index (χ0v) is 34.7. The molecule has 8 nitrogen and oxygen atoms in total. The largest absolute Gasteiger partial charge is 0.492 e. The van der Waals surface area contributed by atoms with E-state index >= 15 is 0 Å². The van der Waals surface area contributed by atoms with Gasteiger partial charge in [-0.3, -0.25) is 13.8 Å². The smallest absolute Gasteiger partial charge is 0.472 e. The Morgan fingerprint density at radius 1 is 0.596 bits per heavy atom. The summed E-state index contributed by atoms with van der Waals surface area (Å²) in [6.07, 6.45) is 46.9. The van der Waals surface area contributed by atoms with E-state index in [9.17, 15) is 14.3 Å². The maximum Gasteiger partial charge on any atom is 0.472 e. The third-order valence-electron chi connectivity index (χ3n) is 9.15.